The third-order valence-electron chi connectivity index (χ3n) is 2.42. The van der Waals surface area contributed by atoms with Gasteiger partial charge in [0.15, 0.2) is 0 Å². The quantitative estimate of drug-likeness (QED) is 0.809. The molecule has 0 saturated heterocycles. The fourth-order valence-electron chi connectivity index (χ4n) is 1.55. The first kappa shape index (κ1) is 15.1. The average Bonchev–Trinajstić information content (AvgIpc) is 2.33. The normalized spacial score (nSPS) is 12.8. The molecule has 3 nitrogen and oxygen atoms in total. The summed E-state index contributed by atoms with van der Waals surface area (Å²) >= 11 is 0. The molecule has 0 amide bonds. The first-order chi connectivity index (χ1) is 8.84. The van der Waals surface area contributed by atoms with Gasteiger partial charge in [-0.3, -0.25) is 4.79 Å². The van der Waals surface area contributed by atoms with Crippen molar-refractivity contribution in [2.75, 3.05) is 6.61 Å². The Labute approximate surface area is 108 Å². The molecule has 0 saturated carbocycles. The maximum Gasteiger partial charge on any atom is 0.396 e. The number of carboxylic acids is 1. The number of rotatable bonds is 6. The number of ether oxygens (including phenoxy) is 1. The monoisotopic (exact) mass is 274 g/mol. The molecule has 1 unspecified atom stereocenters. The SMILES string of the molecule is C=CCOc1ccc(C(CC(=O)O)C(F)(F)F)cc1. The predicted molar refractivity (Wildman–Crippen MR) is 63.2 cm³/mol. The minimum Gasteiger partial charge on any atom is -0.490 e. The molecule has 1 N–H and O–H groups in total. The Hall–Kier alpha value is -1.98. The Kier molecular flexibility index (Phi) is 4.97. The predicted octanol–water partition coefficient (Wildman–Crippen LogP) is 3.37. The Bertz CT molecular complexity index is 437. The van der Waals surface area contributed by atoms with Gasteiger partial charge in [0.05, 0.1) is 12.3 Å². The van der Waals surface area contributed by atoms with Gasteiger partial charge >= 0.3 is 12.1 Å². The number of hydrogen-bond acceptors (Lipinski definition) is 2. The topological polar surface area (TPSA) is 46.5 Å². The second-order valence-electron chi connectivity index (χ2n) is 3.86. The summed E-state index contributed by atoms with van der Waals surface area (Å²) in [6.07, 6.45) is -4.07. The third kappa shape index (κ3) is 4.65. The molecule has 1 rings (SSSR count). The number of carboxylic acid groups (broad SMARTS) is 1. The van der Waals surface area contributed by atoms with Crippen molar-refractivity contribution in [2.24, 2.45) is 0 Å². The van der Waals surface area contributed by atoms with Gasteiger partial charge in [0.25, 0.3) is 0 Å². The molecule has 104 valence electrons. The highest BCUT2D eigenvalue weighted by Gasteiger charge is 2.41. The molecule has 0 radical (unpaired) electrons. The maximum atomic E-state index is 12.8. The van der Waals surface area contributed by atoms with Crippen molar-refractivity contribution >= 4 is 5.97 Å². The lowest BCUT2D eigenvalue weighted by Crippen LogP contribution is -2.23. The first-order valence-electron chi connectivity index (χ1n) is 5.46. The van der Waals surface area contributed by atoms with Gasteiger partial charge in [-0.05, 0) is 17.7 Å². The Morgan fingerprint density at radius 3 is 2.37 bits per heavy atom. The van der Waals surface area contributed by atoms with Gasteiger partial charge in [-0.2, -0.15) is 13.2 Å². The first-order valence-corrected chi connectivity index (χ1v) is 5.46. The fourth-order valence-corrected chi connectivity index (χ4v) is 1.55. The van der Waals surface area contributed by atoms with Gasteiger partial charge in [-0.15, -0.1) is 0 Å². The summed E-state index contributed by atoms with van der Waals surface area (Å²) in [5.41, 5.74) is -0.0964. The maximum absolute atomic E-state index is 12.8. The van der Waals surface area contributed by atoms with E-state index in [1.807, 2.05) is 0 Å². The van der Waals surface area contributed by atoms with Gasteiger partial charge in [-0.1, -0.05) is 24.8 Å². The van der Waals surface area contributed by atoms with E-state index in [2.05, 4.69) is 6.58 Å². The van der Waals surface area contributed by atoms with Gasteiger partial charge in [0, 0.05) is 0 Å². The van der Waals surface area contributed by atoms with Crippen molar-refractivity contribution < 1.29 is 27.8 Å². The number of benzene rings is 1. The van der Waals surface area contributed by atoms with Crippen LogP contribution in [0.4, 0.5) is 13.2 Å². The second-order valence-corrected chi connectivity index (χ2v) is 3.86. The van der Waals surface area contributed by atoms with E-state index >= 15 is 0 Å². The summed E-state index contributed by atoms with van der Waals surface area (Å²) in [6.45, 7) is 3.69. The number of alkyl halides is 3. The zero-order valence-electron chi connectivity index (χ0n) is 9.98. The van der Waals surface area contributed by atoms with E-state index in [-0.39, 0.29) is 12.2 Å². The molecule has 0 spiro atoms. The van der Waals surface area contributed by atoms with E-state index in [0.29, 0.717) is 5.75 Å². The fraction of sp³-hybridized carbons (Fsp3) is 0.308. The number of hydrogen-bond donors (Lipinski definition) is 1. The van der Waals surface area contributed by atoms with Crippen molar-refractivity contribution in [3.8, 4) is 5.75 Å². The summed E-state index contributed by atoms with van der Waals surface area (Å²) in [7, 11) is 0. The summed E-state index contributed by atoms with van der Waals surface area (Å²) in [4.78, 5) is 10.5. The smallest absolute Gasteiger partial charge is 0.396 e. The van der Waals surface area contributed by atoms with Crippen LogP contribution in [-0.2, 0) is 4.79 Å². The summed E-state index contributed by atoms with van der Waals surface area (Å²) < 4.78 is 43.4. The highest BCUT2D eigenvalue weighted by Crippen LogP contribution is 2.37. The minimum atomic E-state index is -4.60. The standard InChI is InChI=1S/C13H13F3O3/c1-2-7-19-10-5-3-9(4-6-10)11(8-12(17)18)13(14,15)16/h2-6,11H,1,7-8H2,(H,17,18). The van der Waals surface area contributed by atoms with Crippen LogP contribution in [-0.4, -0.2) is 23.9 Å². The molecule has 0 bridgehead atoms. The van der Waals surface area contributed by atoms with Crippen LogP contribution in [0, 0.1) is 0 Å². The van der Waals surface area contributed by atoms with Crippen LogP contribution in [0.5, 0.6) is 5.75 Å². The van der Waals surface area contributed by atoms with Crippen LogP contribution in [0.3, 0.4) is 0 Å². The lowest BCUT2D eigenvalue weighted by Gasteiger charge is -2.19. The van der Waals surface area contributed by atoms with Gasteiger partial charge in [-0.25, -0.2) is 0 Å². The molecule has 0 fully saturated rings. The molecule has 1 aromatic rings. The zero-order valence-corrected chi connectivity index (χ0v) is 9.98. The molecule has 1 aromatic carbocycles. The molecule has 6 heteroatoms. The van der Waals surface area contributed by atoms with E-state index in [1.54, 1.807) is 0 Å². The van der Waals surface area contributed by atoms with E-state index in [9.17, 15) is 18.0 Å². The van der Waals surface area contributed by atoms with Crippen LogP contribution in [0.2, 0.25) is 0 Å². The zero-order chi connectivity index (χ0) is 14.5. The molecule has 1 atom stereocenters. The molecule has 0 aliphatic rings. The van der Waals surface area contributed by atoms with E-state index in [1.165, 1.54) is 30.3 Å². The second kappa shape index (κ2) is 6.26. The van der Waals surface area contributed by atoms with Crippen LogP contribution in [0.1, 0.15) is 17.9 Å². The average molecular weight is 274 g/mol. The van der Waals surface area contributed by atoms with Crippen molar-refractivity contribution in [1.82, 2.24) is 0 Å². The van der Waals surface area contributed by atoms with Crippen molar-refractivity contribution in [3.63, 3.8) is 0 Å². The number of halogens is 3. The molecular formula is C13H13F3O3. The Balaban J connectivity index is 2.91. The summed E-state index contributed by atoms with van der Waals surface area (Å²) in [5.74, 6) is -3.10. The minimum absolute atomic E-state index is 0.0964. The van der Waals surface area contributed by atoms with Crippen LogP contribution < -0.4 is 4.74 Å². The van der Waals surface area contributed by atoms with Crippen molar-refractivity contribution in [1.29, 1.82) is 0 Å². The lowest BCUT2D eigenvalue weighted by atomic mass is 9.95. The van der Waals surface area contributed by atoms with E-state index in [4.69, 9.17) is 9.84 Å². The van der Waals surface area contributed by atoms with Gasteiger partial charge in [0.2, 0.25) is 0 Å². The van der Waals surface area contributed by atoms with E-state index in [0.717, 1.165) is 0 Å². The summed E-state index contributed by atoms with van der Waals surface area (Å²) in [6, 6.07) is 5.19. The lowest BCUT2D eigenvalue weighted by molar-refractivity contribution is -0.163. The molecule has 0 aromatic heterocycles. The Morgan fingerprint density at radius 1 is 1.37 bits per heavy atom. The Morgan fingerprint density at radius 2 is 1.95 bits per heavy atom. The molecule has 0 heterocycles. The summed E-state index contributed by atoms with van der Waals surface area (Å²) in [5, 5.41) is 8.54. The molecule has 19 heavy (non-hydrogen) atoms. The molecular weight excluding hydrogens is 261 g/mol. The van der Waals surface area contributed by atoms with Crippen molar-refractivity contribution in [3.05, 3.63) is 42.5 Å². The number of aliphatic carboxylic acids is 1. The van der Waals surface area contributed by atoms with Crippen LogP contribution in [0.15, 0.2) is 36.9 Å². The largest absolute Gasteiger partial charge is 0.490 e. The highest BCUT2D eigenvalue weighted by atomic mass is 19.4. The van der Waals surface area contributed by atoms with Crippen LogP contribution in [0.25, 0.3) is 0 Å². The number of carbonyl (C=O) groups is 1. The van der Waals surface area contributed by atoms with Gasteiger partial charge in [0.1, 0.15) is 12.4 Å². The third-order valence-corrected chi connectivity index (χ3v) is 2.42. The highest BCUT2D eigenvalue weighted by molar-refractivity contribution is 5.68. The van der Waals surface area contributed by atoms with Gasteiger partial charge < -0.3 is 9.84 Å². The van der Waals surface area contributed by atoms with Crippen LogP contribution >= 0.6 is 0 Å². The van der Waals surface area contributed by atoms with E-state index < -0.39 is 24.5 Å². The molecule has 0 aliphatic carbocycles. The molecule has 0 aliphatic heterocycles. The van der Waals surface area contributed by atoms with Crippen molar-refractivity contribution in [2.45, 2.75) is 18.5 Å².